The summed E-state index contributed by atoms with van der Waals surface area (Å²) >= 11 is 0. The molecule has 0 amide bonds. The van der Waals surface area contributed by atoms with Gasteiger partial charge in [-0.15, -0.1) is 0 Å². The SMILES string of the molecule is CC1(C)CC2C=CC1(C(=O)O)C2. The van der Waals surface area contributed by atoms with Gasteiger partial charge in [-0.05, 0) is 24.2 Å². The van der Waals surface area contributed by atoms with Gasteiger partial charge in [-0.25, -0.2) is 0 Å². The van der Waals surface area contributed by atoms with Crippen molar-refractivity contribution >= 4 is 5.97 Å². The summed E-state index contributed by atoms with van der Waals surface area (Å²) in [6.45, 7) is 4.12. The minimum absolute atomic E-state index is 0.0573. The van der Waals surface area contributed by atoms with Crippen molar-refractivity contribution in [2.45, 2.75) is 26.7 Å². The molecule has 2 bridgehead atoms. The van der Waals surface area contributed by atoms with Gasteiger partial charge >= 0.3 is 5.97 Å². The Kier molecular flexibility index (Phi) is 1.26. The summed E-state index contributed by atoms with van der Waals surface area (Å²) in [5, 5.41) is 9.17. The van der Waals surface area contributed by atoms with E-state index in [4.69, 9.17) is 0 Å². The molecule has 2 rings (SSSR count). The van der Waals surface area contributed by atoms with Crippen LogP contribution in [0, 0.1) is 16.7 Å². The molecule has 0 heterocycles. The highest BCUT2D eigenvalue weighted by Crippen LogP contribution is 2.60. The summed E-state index contributed by atoms with van der Waals surface area (Å²) in [6, 6.07) is 0. The Morgan fingerprint density at radius 2 is 2.17 bits per heavy atom. The van der Waals surface area contributed by atoms with Gasteiger partial charge in [0.25, 0.3) is 0 Å². The van der Waals surface area contributed by atoms with E-state index >= 15 is 0 Å². The van der Waals surface area contributed by atoms with Crippen LogP contribution in [0.4, 0.5) is 0 Å². The van der Waals surface area contributed by atoms with Crippen molar-refractivity contribution in [1.29, 1.82) is 0 Å². The smallest absolute Gasteiger partial charge is 0.314 e. The number of hydrogen-bond donors (Lipinski definition) is 1. The van der Waals surface area contributed by atoms with Crippen LogP contribution in [0.25, 0.3) is 0 Å². The van der Waals surface area contributed by atoms with Crippen LogP contribution in [0.5, 0.6) is 0 Å². The van der Waals surface area contributed by atoms with Crippen LogP contribution < -0.4 is 0 Å². The van der Waals surface area contributed by atoms with Gasteiger partial charge in [0.15, 0.2) is 0 Å². The zero-order valence-electron chi connectivity index (χ0n) is 7.50. The lowest BCUT2D eigenvalue weighted by Gasteiger charge is -2.35. The van der Waals surface area contributed by atoms with Crippen molar-refractivity contribution in [1.82, 2.24) is 0 Å². The van der Waals surface area contributed by atoms with Gasteiger partial charge in [0, 0.05) is 0 Å². The molecule has 2 unspecified atom stereocenters. The van der Waals surface area contributed by atoms with E-state index < -0.39 is 11.4 Å². The van der Waals surface area contributed by atoms with E-state index in [1.165, 1.54) is 0 Å². The Bertz CT molecular complexity index is 265. The molecule has 2 aliphatic carbocycles. The topological polar surface area (TPSA) is 37.3 Å². The van der Waals surface area contributed by atoms with Gasteiger partial charge in [-0.2, -0.15) is 0 Å². The van der Waals surface area contributed by atoms with Gasteiger partial charge in [-0.3, -0.25) is 4.79 Å². The second kappa shape index (κ2) is 1.93. The zero-order chi connectivity index (χ0) is 8.98. The minimum Gasteiger partial charge on any atom is -0.481 e. The monoisotopic (exact) mass is 166 g/mol. The van der Waals surface area contributed by atoms with Gasteiger partial charge in [-0.1, -0.05) is 26.0 Å². The molecule has 2 heteroatoms. The van der Waals surface area contributed by atoms with E-state index in [2.05, 4.69) is 19.9 Å². The number of carbonyl (C=O) groups is 1. The van der Waals surface area contributed by atoms with Crippen molar-refractivity contribution < 1.29 is 9.90 Å². The molecule has 12 heavy (non-hydrogen) atoms. The molecule has 0 spiro atoms. The predicted octanol–water partition coefficient (Wildman–Crippen LogP) is 2.06. The van der Waals surface area contributed by atoms with Crippen molar-refractivity contribution in [3.05, 3.63) is 12.2 Å². The zero-order valence-corrected chi connectivity index (χ0v) is 7.50. The lowest BCUT2D eigenvalue weighted by atomic mass is 9.67. The van der Waals surface area contributed by atoms with Crippen molar-refractivity contribution in [3.63, 3.8) is 0 Å². The van der Waals surface area contributed by atoms with Gasteiger partial charge in [0.05, 0.1) is 5.41 Å². The molecule has 66 valence electrons. The Balaban J connectivity index is 2.47. The van der Waals surface area contributed by atoms with E-state index in [0.29, 0.717) is 5.92 Å². The second-order valence-electron chi connectivity index (χ2n) is 4.69. The minimum atomic E-state index is -0.649. The first-order chi connectivity index (χ1) is 5.48. The summed E-state index contributed by atoms with van der Waals surface area (Å²) in [4.78, 5) is 11.1. The van der Waals surface area contributed by atoms with E-state index in [0.717, 1.165) is 12.8 Å². The molecule has 0 radical (unpaired) electrons. The molecule has 0 aromatic rings. The van der Waals surface area contributed by atoms with Crippen LogP contribution in [-0.2, 0) is 4.79 Å². The number of carboxylic acids is 1. The lowest BCUT2D eigenvalue weighted by molar-refractivity contribution is -0.150. The molecule has 1 saturated carbocycles. The van der Waals surface area contributed by atoms with Gasteiger partial charge in [0.2, 0.25) is 0 Å². The molecule has 1 N–H and O–H groups in total. The number of rotatable bonds is 1. The molecular weight excluding hydrogens is 152 g/mol. The molecule has 2 aliphatic rings. The summed E-state index contributed by atoms with van der Waals surface area (Å²) in [7, 11) is 0. The fraction of sp³-hybridized carbons (Fsp3) is 0.700. The number of aliphatic carboxylic acids is 1. The lowest BCUT2D eigenvalue weighted by Crippen LogP contribution is -2.38. The van der Waals surface area contributed by atoms with Crippen molar-refractivity contribution in [2.24, 2.45) is 16.7 Å². The maximum atomic E-state index is 11.1. The van der Waals surface area contributed by atoms with E-state index in [9.17, 15) is 9.90 Å². The molecule has 0 saturated heterocycles. The number of fused-ring (bicyclic) bond motifs is 2. The van der Waals surface area contributed by atoms with Crippen LogP contribution in [0.15, 0.2) is 12.2 Å². The van der Waals surface area contributed by atoms with Crippen LogP contribution >= 0.6 is 0 Å². The standard InChI is InChI=1S/C10H14O2/c1-9(2)5-7-3-4-10(9,6-7)8(11)12/h3-4,7H,5-6H2,1-2H3,(H,11,12). The molecule has 2 atom stereocenters. The summed E-state index contributed by atoms with van der Waals surface area (Å²) in [5.74, 6) is -0.139. The normalized spacial score (nSPS) is 42.0. The van der Waals surface area contributed by atoms with E-state index in [-0.39, 0.29) is 5.41 Å². The molecule has 0 aromatic heterocycles. The highest BCUT2D eigenvalue weighted by Gasteiger charge is 2.58. The second-order valence-corrected chi connectivity index (χ2v) is 4.69. The van der Waals surface area contributed by atoms with Gasteiger partial charge < -0.3 is 5.11 Å². The van der Waals surface area contributed by atoms with Gasteiger partial charge in [0.1, 0.15) is 0 Å². The van der Waals surface area contributed by atoms with E-state index in [1.807, 2.05) is 6.08 Å². The average Bonchev–Trinajstić information content (AvgIpc) is 2.40. The first-order valence-electron chi connectivity index (χ1n) is 4.41. The maximum Gasteiger partial charge on any atom is 0.314 e. The molecule has 1 fully saturated rings. The Morgan fingerprint density at radius 3 is 2.42 bits per heavy atom. The van der Waals surface area contributed by atoms with E-state index in [1.54, 1.807) is 0 Å². The fourth-order valence-electron chi connectivity index (χ4n) is 2.78. The first kappa shape index (κ1) is 7.84. The maximum absolute atomic E-state index is 11.1. The third-order valence-corrected chi connectivity index (χ3v) is 3.60. The molecular formula is C10H14O2. The molecule has 0 aromatic carbocycles. The van der Waals surface area contributed by atoms with Crippen molar-refractivity contribution in [2.75, 3.05) is 0 Å². The fourth-order valence-corrected chi connectivity index (χ4v) is 2.78. The molecule has 0 aliphatic heterocycles. The van der Waals surface area contributed by atoms with Crippen molar-refractivity contribution in [3.8, 4) is 0 Å². The molecule has 2 nitrogen and oxygen atoms in total. The Labute approximate surface area is 72.3 Å². The number of allylic oxidation sites excluding steroid dienone is 1. The Hall–Kier alpha value is -0.790. The van der Waals surface area contributed by atoms with Crippen LogP contribution in [0.2, 0.25) is 0 Å². The highest BCUT2D eigenvalue weighted by molar-refractivity contribution is 5.80. The third kappa shape index (κ3) is 0.680. The van der Waals surface area contributed by atoms with Crippen LogP contribution in [0.3, 0.4) is 0 Å². The summed E-state index contributed by atoms with van der Waals surface area (Å²) in [5.41, 5.74) is -0.615. The predicted molar refractivity (Wildman–Crippen MR) is 45.7 cm³/mol. The first-order valence-corrected chi connectivity index (χ1v) is 4.41. The number of carboxylic acid groups (broad SMARTS) is 1. The average molecular weight is 166 g/mol. The highest BCUT2D eigenvalue weighted by atomic mass is 16.4. The summed E-state index contributed by atoms with van der Waals surface area (Å²) < 4.78 is 0. The third-order valence-electron chi connectivity index (χ3n) is 3.60. The summed E-state index contributed by atoms with van der Waals surface area (Å²) in [6.07, 6.45) is 5.81. The van der Waals surface area contributed by atoms with Crippen LogP contribution in [0.1, 0.15) is 26.7 Å². The van der Waals surface area contributed by atoms with Crippen LogP contribution in [-0.4, -0.2) is 11.1 Å². The Morgan fingerprint density at radius 1 is 1.50 bits per heavy atom. The largest absolute Gasteiger partial charge is 0.481 e. The number of hydrogen-bond acceptors (Lipinski definition) is 1. The quantitative estimate of drug-likeness (QED) is 0.605.